The van der Waals surface area contributed by atoms with Crippen LogP contribution in [0.15, 0.2) is 69.9 Å². The van der Waals surface area contributed by atoms with Crippen LogP contribution in [-0.4, -0.2) is 33.0 Å². The molecule has 0 atom stereocenters. The molecule has 7 rings (SSSR count). The zero-order valence-corrected chi connectivity index (χ0v) is 25.4. The first-order valence-corrected chi connectivity index (χ1v) is 15.1. The van der Waals surface area contributed by atoms with Crippen molar-refractivity contribution in [3.63, 3.8) is 0 Å². The largest absolute Gasteiger partial charge is 0.464 e. The standard InChI is InChI=1S/C33H14N8O3S2/c1-33(2)29-27(45-31(40-29)38-23-21(19(13-34)36-3)15-9-5-7-11-17(15)25(23)42)28-30(44-33)41-32(46-28)39-24-22(20(14-35)37-4)16-10-6-8-12-18(16)26(24)43/h5-12H,1-2H3/b21-19+,22-20?,38-23?,39-24?. The van der Waals surface area contributed by atoms with Crippen molar-refractivity contribution < 1.29 is 14.3 Å². The number of allylic oxidation sites excluding steroid dienone is 4. The van der Waals surface area contributed by atoms with Crippen LogP contribution in [0.25, 0.3) is 30.6 Å². The Morgan fingerprint density at radius 1 is 0.783 bits per heavy atom. The number of carbonyl (C=O) groups excluding carboxylic acids is 2. The third-order valence-corrected chi connectivity index (χ3v) is 9.48. The molecule has 1 aliphatic heterocycles. The molecule has 2 aliphatic carbocycles. The monoisotopic (exact) mass is 634 g/mol. The van der Waals surface area contributed by atoms with Gasteiger partial charge < -0.3 is 4.74 Å². The summed E-state index contributed by atoms with van der Waals surface area (Å²) < 4.78 is 6.21. The van der Waals surface area contributed by atoms with Crippen LogP contribution in [0.4, 0.5) is 10.3 Å². The van der Waals surface area contributed by atoms with Gasteiger partial charge in [0.15, 0.2) is 0 Å². The lowest BCUT2D eigenvalue weighted by atomic mass is 10.0. The molecule has 0 saturated carbocycles. The second-order valence-electron chi connectivity index (χ2n) is 10.5. The molecular weight excluding hydrogens is 621 g/mol. The van der Waals surface area contributed by atoms with E-state index in [1.807, 2.05) is 12.1 Å². The molecule has 4 aromatic rings. The number of thiazole rings is 2. The van der Waals surface area contributed by atoms with Gasteiger partial charge in [-0.3, -0.25) is 9.59 Å². The molecule has 11 nitrogen and oxygen atoms in total. The molecule has 0 saturated heterocycles. The van der Waals surface area contributed by atoms with Crippen molar-refractivity contribution in [3.8, 4) is 27.8 Å². The van der Waals surface area contributed by atoms with Crippen LogP contribution in [0.1, 0.15) is 51.4 Å². The van der Waals surface area contributed by atoms with E-state index in [1.54, 1.807) is 62.4 Å². The Morgan fingerprint density at radius 2 is 1.24 bits per heavy atom. The van der Waals surface area contributed by atoms with E-state index in [2.05, 4.69) is 24.7 Å². The molecular formula is C33H14N8O3S2. The maximum absolute atomic E-state index is 13.4. The van der Waals surface area contributed by atoms with Crippen LogP contribution in [0.3, 0.4) is 0 Å². The van der Waals surface area contributed by atoms with E-state index in [1.165, 1.54) is 11.3 Å². The van der Waals surface area contributed by atoms with Gasteiger partial charge in [-0.05, 0) is 25.0 Å². The van der Waals surface area contributed by atoms with Gasteiger partial charge in [-0.25, -0.2) is 35.2 Å². The molecule has 0 amide bonds. The van der Waals surface area contributed by atoms with Crippen LogP contribution < -0.4 is 4.74 Å². The second kappa shape index (κ2) is 10.4. The van der Waals surface area contributed by atoms with Crippen LogP contribution >= 0.6 is 22.7 Å². The average molecular weight is 635 g/mol. The number of fused-ring (bicyclic) bond motifs is 5. The van der Waals surface area contributed by atoms with Crippen molar-refractivity contribution in [3.05, 3.63) is 111 Å². The Morgan fingerprint density at radius 3 is 1.72 bits per heavy atom. The molecule has 0 N–H and O–H groups in total. The molecule has 0 fully saturated rings. The van der Waals surface area contributed by atoms with Gasteiger partial charge in [0.05, 0.1) is 30.2 Å². The highest BCUT2D eigenvalue weighted by Crippen LogP contribution is 2.53. The fourth-order valence-corrected chi connectivity index (χ4v) is 7.54. The highest BCUT2D eigenvalue weighted by Gasteiger charge is 2.41. The summed E-state index contributed by atoms with van der Waals surface area (Å²) in [5, 5.41) is 19.7. The minimum absolute atomic E-state index is 0.0399. The third-order valence-electron chi connectivity index (χ3n) is 7.44. The topological polar surface area (TPSA) is 150 Å². The quantitative estimate of drug-likeness (QED) is 0.168. The fourth-order valence-electron chi connectivity index (χ4n) is 5.46. The molecule has 0 radical (unpaired) electrons. The number of hydrogen-bond donors (Lipinski definition) is 0. The number of nitrogens with zero attached hydrogens (tertiary/aromatic N) is 8. The summed E-state index contributed by atoms with van der Waals surface area (Å²) >= 11 is 2.32. The predicted molar refractivity (Wildman–Crippen MR) is 171 cm³/mol. The van der Waals surface area contributed by atoms with Crippen LogP contribution in [0, 0.1) is 35.8 Å². The minimum Gasteiger partial charge on any atom is -0.464 e. The first-order chi connectivity index (χ1) is 22.2. The molecule has 0 spiro atoms. The summed E-state index contributed by atoms with van der Waals surface area (Å²) in [7, 11) is 0. The van der Waals surface area contributed by atoms with Crippen LogP contribution in [-0.2, 0) is 5.60 Å². The number of nitriles is 2. The van der Waals surface area contributed by atoms with Gasteiger partial charge in [-0.1, -0.05) is 71.2 Å². The Bertz CT molecular complexity index is 2380. The minimum atomic E-state index is -0.964. The first-order valence-electron chi connectivity index (χ1n) is 13.4. The fraction of sp³-hybridized carbons (Fsp3) is 0.0909. The Hall–Kier alpha value is -6.38. The molecule has 46 heavy (non-hydrogen) atoms. The number of rotatable bonds is 2. The molecule has 2 aromatic heterocycles. The number of aliphatic imine (C=N–C) groups is 2. The Kier molecular flexibility index (Phi) is 6.40. The van der Waals surface area contributed by atoms with Gasteiger partial charge in [-0.2, -0.15) is 4.98 Å². The predicted octanol–water partition coefficient (Wildman–Crippen LogP) is 7.14. The zero-order chi connectivity index (χ0) is 32.3. The normalized spacial score (nSPS) is 19.2. The average Bonchev–Trinajstić information content (AvgIpc) is 3.80. The number of aromatic nitrogens is 2. The smallest absolute Gasteiger partial charge is 0.271 e. The lowest BCUT2D eigenvalue weighted by molar-refractivity contribution is 0.0963. The molecule has 3 heterocycles. The van der Waals surface area contributed by atoms with Crippen molar-refractivity contribution in [1.82, 2.24) is 9.97 Å². The van der Waals surface area contributed by atoms with E-state index in [9.17, 15) is 20.1 Å². The second-order valence-corrected chi connectivity index (χ2v) is 12.4. The van der Waals surface area contributed by atoms with E-state index >= 15 is 0 Å². The summed E-state index contributed by atoms with van der Waals surface area (Å²) in [6.45, 7) is 18.6. The number of ketones is 2. The van der Waals surface area contributed by atoms with Crippen molar-refractivity contribution in [1.29, 1.82) is 10.5 Å². The van der Waals surface area contributed by atoms with Crippen molar-refractivity contribution in [2.24, 2.45) is 9.98 Å². The number of Topliss-reactive ketones (excluding diaryl/α,β-unsaturated/α-hetero) is 2. The summed E-state index contributed by atoms with van der Waals surface area (Å²) in [6, 6.07) is 17.2. The molecule has 2 aromatic carbocycles. The van der Waals surface area contributed by atoms with Crippen molar-refractivity contribution in [2.75, 3.05) is 0 Å². The van der Waals surface area contributed by atoms with E-state index < -0.39 is 17.2 Å². The molecule has 0 bridgehead atoms. The van der Waals surface area contributed by atoms with Crippen LogP contribution in [0.5, 0.6) is 5.88 Å². The number of ether oxygens (including phenoxy) is 1. The maximum atomic E-state index is 13.4. The van der Waals surface area contributed by atoms with Crippen LogP contribution in [0.2, 0.25) is 0 Å². The van der Waals surface area contributed by atoms with Crippen molar-refractivity contribution in [2.45, 2.75) is 19.4 Å². The van der Waals surface area contributed by atoms with Gasteiger partial charge in [0, 0.05) is 22.3 Å². The van der Waals surface area contributed by atoms with Gasteiger partial charge in [0.25, 0.3) is 11.4 Å². The third kappa shape index (κ3) is 4.12. The van der Waals surface area contributed by atoms with E-state index in [4.69, 9.17) is 22.9 Å². The molecule has 0 unspecified atom stereocenters. The van der Waals surface area contributed by atoms with E-state index in [-0.39, 0.29) is 50.1 Å². The molecule has 3 aliphatic rings. The lowest BCUT2D eigenvalue weighted by Crippen LogP contribution is -2.29. The zero-order valence-electron chi connectivity index (χ0n) is 23.7. The van der Waals surface area contributed by atoms with Gasteiger partial charge in [0.2, 0.25) is 27.7 Å². The summed E-state index contributed by atoms with van der Waals surface area (Å²) in [5.41, 5.74) is 0.925. The van der Waals surface area contributed by atoms with E-state index in [0.29, 0.717) is 37.7 Å². The summed E-state index contributed by atoms with van der Waals surface area (Å²) in [6.07, 6.45) is 0. The highest BCUT2D eigenvalue weighted by atomic mass is 32.1. The summed E-state index contributed by atoms with van der Waals surface area (Å²) in [4.78, 5) is 53.0. The molecule has 216 valence electrons. The maximum Gasteiger partial charge on any atom is 0.271 e. The van der Waals surface area contributed by atoms with Crippen molar-refractivity contribution >= 4 is 67.1 Å². The molecule has 13 heteroatoms. The number of carbonyl (C=O) groups is 2. The number of benzene rings is 2. The first kappa shape index (κ1) is 28.4. The van der Waals surface area contributed by atoms with Gasteiger partial charge in [-0.15, -0.1) is 0 Å². The summed E-state index contributed by atoms with van der Waals surface area (Å²) in [5.74, 6) is -0.576. The van der Waals surface area contributed by atoms with Gasteiger partial charge in [0.1, 0.15) is 27.6 Å². The van der Waals surface area contributed by atoms with Gasteiger partial charge >= 0.3 is 0 Å². The Labute approximate surface area is 269 Å². The number of hydrogen-bond acceptors (Lipinski definition) is 11. The van der Waals surface area contributed by atoms with E-state index in [0.717, 1.165) is 11.3 Å². The lowest BCUT2D eigenvalue weighted by Gasteiger charge is -2.28. The SMILES string of the molecule is [C-]#[N+]C(C#N)=C1C(=Nc2nc3c(s2)-c2sc(N=C4C(=O)c5ccccc5/C4=C(/C#N)[N+]#[C-])nc2C(C)(C)O3)C(=O)c2ccccc21. The highest BCUT2D eigenvalue weighted by molar-refractivity contribution is 7.25. The Balaban J connectivity index is 1.35.